The van der Waals surface area contributed by atoms with Crippen LogP contribution in [0.5, 0.6) is 5.75 Å². The van der Waals surface area contributed by atoms with Crippen molar-refractivity contribution in [3.8, 4) is 5.75 Å². The lowest BCUT2D eigenvalue weighted by Gasteiger charge is -2.31. The summed E-state index contributed by atoms with van der Waals surface area (Å²) in [6, 6.07) is 8.80. The Labute approximate surface area is 129 Å². The van der Waals surface area contributed by atoms with Crippen LogP contribution in [-0.4, -0.2) is 31.1 Å². The van der Waals surface area contributed by atoms with E-state index in [1.165, 1.54) is 31.4 Å². The summed E-state index contributed by atoms with van der Waals surface area (Å²) < 4.78 is 5.76. The maximum absolute atomic E-state index is 6.10. The van der Waals surface area contributed by atoms with Gasteiger partial charge in [-0.25, -0.2) is 0 Å². The first-order valence-electron chi connectivity index (χ1n) is 8.45. The largest absolute Gasteiger partial charge is 0.494 e. The van der Waals surface area contributed by atoms with Gasteiger partial charge in [0.2, 0.25) is 0 Å². The number of rotatable bonds is 10. The van der Waals surface area contributed by atoms with E-state index < -0.39 is 0 Å². The maximum atomic E-state index is 6.10. The lowest BCUT2D eigenvalue weighted by molar-refractivity contribution is 0.193. The molecular formula is C18H30N2O. The number of hydrogen-bond acceptors (Lipinski definition) is 3. The van der Waals surface area contributed by atoms with E-state index in [4.69, 9.17) is 10.5 Å². The molecule has 2 rings (SSSR count). The minimum absolute atomic E-state index is 0.315. The summed E-state index contributed by atoms with van der Waals surface area (Å²) in [6.07, 6.45) is 4.98. The van der Waals surface area contributed by atoms with E-state index in [9.17, 15) is 0 Å². The number of benzene rings is 1. The van der Waals surface area contributed by atoms with Crippen molar-refractivity contribution in [3.63, 3.8) is 0 Å². The van der Waals surface area contributed by atoms with Crippen molar-refractivity contribution in [2.45, 2.75) is 45.6 Å². The Morgan fingerprint density at radius 2 is 2.10 bits per heavy atom. The minimum Gasteiger partial charge on any atom is -0.494 e. The van der Waals surface area contributed by atoms with Crippen LogP contribution in [0.3, 0.4) is 0 Å². The molecule has 1 fully saturated rings. The molecule has 1 aliphatic carbocycles. The number of nitrogens with zero attached hydrogens (tertiary/aromatic N) is 1. The van der Waals surface area contributed by atoms with Gasteiger partial charge in [0.25, 0.3) is 0 Å². The summed E-state index contributed by atoms with van der Waals surface area (Å²) in [5.74, 6) is 1.86. The van der Waals surface area contributed by atoms with Crippen molar-refractivity contribution >= 4 is 0 Å². The number of ether oxygens (including phenoxy) is 1. The number of hydrogen-bond donors (Lipinski definition) is 1. The zero-order valence-electron chi connectivity index (χ0n) is 13.6. The quantitative estimate of drug-likeness (QED) is 0.715. The molecule has 118 valence electrons. The highest BCUT2D eigenvalue weighted by Gasteiger charge is 2.28. The molecule has 0 radical (unpaired) electrons. The highest BCUT2D eigenvalue weighted by molar-refractivity contribution is 5.31. The number of nitrogens with two attached hydrogens (primary N) is 1. The van der Waals surface area contributed by atoms with Crippen molar-refractivity contribution in [1.29, 1.82) is 0 Å². The Bertz CT molecular complexity index is 417. The molecule has 1 unspecified atom stereocenters. The van der Waals surface area contributed by atoms with E-state index >= 15 is 0 Å². The van der Waals surface area contributed by atoms with Crippen LogP contribution in [0.2, 0.25) is 0 Å². The third-order valence-electron chi connectivity index (χ3n) is 4.08. The van der Waals surface area contributed by atoms with Crippen molar-refractivity contribution < 1.29 is 4.74 Å². The molecular weight excluding hydrogens is 260 g/mol. The summed E-state index contributed by atoms with van der Waals surface area (Å²) in [5, 5.41) is 0. The van der Waals surface area contributed by atoms with Gasteiger partial charge >= 0.3 is 0 Å². The van der Waals surface area contributed by atoms with Crippen LogP contribution in [0.25, 0.3) is 0 Å². The van der Waals surface area contributed by atoms with Gasteiger partial charge in [-0.2, -0.15) is 0 Å². The molecule has 3 nitrogen and oxygen atoms in total. The highest BCUT2D eigenvalue weighted by Crippen LogP contribution is 2.33. The summed E-state index contributed by atoms with van der Waals surface area (Å²) in [4.78, 5) is 2.57. The molecule has 1 saturated carbocycles. The van der Waals surface area contributed by atoms with Crippen LogP contribution in [0.15, 0.2) is 24.3 Å². The van der Waals surface area contributed by atoms with E-state index in [0.717, 1.165) is 31.2 Å². The van der Waals surface area contributed by atoms with E-state index in [2.05, 4.69) is 36.9 Å². The van der Waals surface area contributed by atoms with Crippen molar-refractivity contribution in [2.24, 2.45) is 11.7 Å². The van der Waals surface area contributed by atoms with Gasteiger partial charge in [0.05, 0.1) is 6.61 Å². The lowest BCUT2D eigenvalue weighted by atomic mass is 10.0. The molecule has 3 heteroatoms. The van der Waals surface area contributed by atoms with E-state index in [1.807, 2.05) is 6.07 Å². The SMILES string of the molecule is CCCOc1cccc(C(CN)N(CCC)CC2CC2)c1. The predicted octanol–water partition coefficient (Wildman–Crippen LogP) is 3.60. The first-order chi connectivity index (χ1) is 10.3. The highest BCUT2D eigenvalue weighted by atomic mass is 16.5. The minimum atomic E-state index is 0.315. The third kappa shape index (κ3) is 5.01. The molecule has 1 aliphatic rings. The topological polar surface area (TPSA) is 38.5 Å². The van der Waals surface area contributed by atoms with Crippen LogP contribution in [-0.2, 0) is 0 Å². The molecule has 0 saturated heterocycles. The van der Waals surface area contributed by atoms with Gasteiger partial charge in [-0.15, -0.1) is 0 Å². The van der Waals surface area contributed by atoms with Gasteiger partial charge in [-0.3, -0.25) is 4.90 Å². The summed E-state index contributed by atoms with van der Waals surface area (Å²) in [5.41, 5.74) is 7.39. The van der Waals surface area contributed by atoms with Crippen LogP contribution < -0.4 is 10.5 Å². The lowest BCUT2D eigenvalue weighted by Crippen LogP contribution is -2.36. The molecule has 0 bridgehead atoms. The van der Waals surface area contributed by atoms with Gasteiger partial charge in [0.15, 0.2) is 0 Å². The Morgan fingerprint density at radius 3 is 2.71 bits per heavy atom. The zero-order chi connectivity index (χ0) is 15.1. The van der Waals surface area contributed by atoms with Gasteiger partial charge in [-0.1, -0.05) is 26.0 Å². The van der Waals surface area contributed by atoms with Crippen molar-refractivity contribution in [2.75, 3.05) is 26.2 Å². The second kappa shape index (κ2) is 8.40. The maximum Gasteiger partial charge on any atom is 0.119 e. The van der Waals surface area contributed by atoms with Gasteiger partial charge in [0.1, 0.15) is 5.75 Å². The summed E-state index contributed by atoms with van der Waals surface area (Å²) in [7, 11) is 0. The summed E-state index contributed by atoms with van der Waals surface area (Å²) in [6.45, 7) is 8.13. The average Bonchev–Trinajstić information content (AvgIpc) is 3.30. The van der Waals surface area contributed by atoms with E-state index in [0.29, 0.717) is 12.6 Å². The molecule has 0 amide bonds. The van der Waals surface area contributed by atoms with E-state index in [1.54, 1.807) is 0 Å². The molecule has 0 aliphatic heterocycles. The normalized spacial score (nSPS) is 16.2. The van der Waals surface area contributed by atoms with Gasteiger partial charge < -0.3 is 10.5 Å². The second-order valence-electron chi connectivity index (χ2n) is 6.11. The first kappa shape index (κ1) is 16.3. The van der Waals surface area contributed by atoms with Crippen LogP contribution >= 0.6 is 0 Å². The van der Waals surface area contributed by atoms with Crippen LogP contribution in [0.1, 0.15) is 51.1 Å². The zero-order valence-corrected chi connectivity index (χ0v) is 13.6. The molecule has 2 N–H and O–H groups in total. The third-order valence-corrected chi connectivity index (χ3v) is 4.08. The fraction of sp³-hybridized carbons (Fsp3) is 0.667. The van der Waals surface area contributed by atoms with Crippen molar-refractivity contribution in [1.82, 2.24) is 4.90 Å². The fourth-order valence-electron chi connectivity index (χ4n) is 2.82. The Kier molecular flexibility index (Phi) is 6.52. The van der Waals surface area contributed by atoms with Gasteiger partial charge in [-0.05, 0) is 55.8 Å². The molecule has 1 atom stereocenters. The van der Waals surface area contributed by atoms with Crippen LogP contribution in [0, 0.1) is 5.92 Å². The monoisotopic (exact) mass is 290 g/mol. The fourth-order valence-corrected chi connectivity index (χ4v) is 2.82. The molecule has 0 aromatic heterocycles. The molecule has 0 heterocycles. The molecule has 21 heavy (non-hydrogen) atoms. The van der Waals surface area contributed by atoms with Crippen LogP contribution in [0.4, 0.5) is 0 Å². The Morgan fingerprint density at radius 1 is 1.29 bits per heavy atom. The van der Waals surface area contributed by atoms with Crippen molar-refractivity contribution in [3.05, 3.63) is 29.8 Å². The molecule has 0 spiro atoms. The summed E-state index contributed by atoms with van der Waals surface area (Å²) >= 11 is 0. The standard InChI is InChI=1S/C18H30N2O/c1-3-10-20(14-15-8-9-15)18(13-19)16-6-5-7-17(12-16)21-11-4-2/h5-7,12,15,18H,3-4,8-11,13-14,19H2,1-2H3. The van der Waals surface area contributed by atoms with E-state index in [-0.39, 0.29) is 0 Å². The first-order valence-corrected chi connectivity index (χ1v) is 8.45. The van der Waals surface area contributed by atoms with Gasteiger partial charge in [0, 0.05) is 19.1 Å². The molecule has 1 aromatic rings. The Balaban J connectivity index is 2.09. The predicted molar refractivity (Wildman–Crippen MR) is 88.6 cm³/mol. The average molecular weight is 290 g/mol. The Hall–Kier alpha value is -1.06. The second-order valence-corrected chi connectivity index (χ2v) is 6.11. The smallest absolute Gasteiger partial charge is 0.119 e. The molecule has 1 aromatic carbocycles.